The molecule has 9 nitrogen and oxygen atoms in total. The van der Waals surface area contributed by atoms with Gasteiger partial charge in [0.15, 0.2) is 22.1 Å². The van der Waals surface area contributed by atoms with Gasteiger partial charge in [-0.2, -0.15) is 0 Å². The van der Waals surface area contributed by atoms with Crippen molar-refractivity contribution in [2.75, 3.05) is 32.5 Å². The molecule has 1 amide bonds. The van der Waals surface area contributed by atoms with E-state index in [0.717, 1.165) is 52.8 Å². The fourth-order valence-corrected chi connectivity index (χ4v) is 5.04. The van der Waals surface area contributed by atoms with E-state index in [0.29, 0.717) is 30.3 Å². The number of aliphatic hydroxyl groups excluding tert-OH is 1. The number of aromatic nitrogens is 4. The Morgan fingerprint density at radius 2 is 2.09 bits per heavy atom. The summed E-state index contributed by atoms with van der Waals surface area (Å²) < 4.78 is 7.50. The second-order valence-corrected chi connectivity index (χ2v) is 8.99. The van der Waals surface area contributed by atoms with Crippen molar-refractivity contribution in [2.24, 2.45) is 5.92 Å². The molecule has 0 unspecified atom stereocenters. The summed E-state index contributed by atoms with van der Waals surface area (Å²) in [5.74, 6) is 1.47. The topological polar surface area (TPSA) is 119 Å². The Morgan fingerprint density at radius 3 is 2.81 bits per heavy atom. The van der Waals surface area contributed by atoms with E-state index < -0.39 is 6.61 Å². The predicted molar refractivity (Wildman–Crippen MR) is 123 cm³/mol. The molecule has 3 N–H and O–H groups in total. The Morgan fingerprint density at radius 1 is 1.31 bits per heavy atom. The molecule has 0 spiro atoms. The number of nitrogens with two attached hydrogens (primary N) is 1. The van der Waals surface area contributed by atoms with Gasteiger partial charge in [0.2, 0.25) is 5.91 Å². The van der Waals surface area contributed by atoms with Gasteiger partial charge in [-0.25, -0.2) is 15.0 Å². The first kappa shape index (κ1) is 22.3. The van der Waals surface area contributed by atoms with Crippen LogP contribution >= 0.6 is 11.8 Å². The zero-order valence-corrected chi connectivity index (χ0v) is 19.1. The van der Waals surface area contributed by atoms with Gasteiger partial charge in [0.05, 0.1) is 7.11 Å². The fourth-order valence-electron chi connectivity index (χ4n) is 4.01. The van der Waals surface area contributed by atoms with E-state index in [1.54, 1.807) is 23.8 Å². The Kier molecular flexibility index (Phi) is 6.80. The van der Waals surface area contributed by atoms with Crippen molar-refractivity contribution in [3.8, 4) is 5.75 Å². The summed E-state index contributed by atoms with van der Waals surface area (Å²) in [5.41, 5.74) is 8.56. The van der Waals surface area contributed by atoms with E-state index >= 15 is 0 Å². The smallest absolute Gasteiger partial charge is 0.248 e. The lowest BCUT2D eigenvalue weighted by atomic mass is 9.93. The number of likely N-dealkylation sites (tertiary alicyclic amines) is 1. The molecule has 1 saturated heterocycles. The third-order valence-corrected chi connectivity index (χ3v) is 7.14. The normalized spacial score (nSPS) is 14.8. The van der Waals surface area contributed by atoms with Crippen molar-refractivity contribution < 1.29 is 14.6 Å². The molecule has 0 bridgehead atoms. The SMILES string of the molecule is COc1ccc(C)c(Sc2nc3c(N)ncnc3n2CCC2CCN(C(=O)CO)CC2)c1. The average Bonchev–Trinajstić information content (AvgIpc) is 3.17. The van der Waals surface area contributed by atoms with E-state index in [-0.39, 0.29) is 5.91 Å². The number of anilines is 1. The van der Waals surface area contributed by atoms with Crippen molar-refractivity contribution in [2.45, 2.75) is 42.8 Å². The Bertz CT molecular complexity index is 1110. The zero-order chi connectivity index (χ0) is 22.7. The first-order valence-corrected chi connectivity index (χ1v) is 11.5. The lowest BCUT2D eigenvalue weighted by molar-refractivity contribution is -0.135. The third kappa shape index (κ3) is 4.66. The van der Waals surface area contributed by atoms with Crippen LogP contribution in [0.1, 0.15) is 24.8 Å². The minimum atomic E-state index is -0.420. The molecule has 0 saturated carbocycles. The van der Waals surface area contributed by atoms with Crippen LogP contribution in [0.15, 0.2) is 34.6 Å². The lowest BCUT2D eigenvalue weighted by Gasteiger charge is -2.31. The van der Waals surface area contributed by atoms with Crippen molar-refractivity contribution in [1.82, 2.24) is 24.4 Å². The molecular weight excluding hydrogens is 428 g/mol. The maximum absolute atomic E-state index is 11.7. The highest BCUT2D eigenvalue weighted by molar-refractivity contribution is 7.99. The highest BCUT2D eigenvalue weighted by Gasteiger charge is 2.23. The number of methoxy groups -OCH3 is 1. The van der Waals surface area contributed by atoms with Crippen molar-refractivity contribution in [1.29, 1.82) is 0 Å². The summed E-state index contributed by atoms with van der Waals surface area (Å²) in [6.07, 6.45) is 4.27. The summed E-state index contributed by atoms with van der Waals surface area (Å²) in [6.45, 7) is 3.77. The van der Waals surface area contributed by atoms with Gasteiger partial charge in [-0.1, -0.05) is 17.8 Å². The van der Waals surface area contributed by atoms with E-state index in [9.17, 15) is 4.79 Å². The number of piperidine rings is 1. The predicted octanol–water partition coefficient (Wildman–Crippen LogP) is 2.50. The Labute approximate surface area is 191 Å². The van der Waals surface area contributed by atoms with Crippen LogP contribution in [0, 0.1) is 12.8 Å². The van der Waals surface area contributed by atoms with Crippen LogP contribution in [-0.2, 0) is 11.3 Å². The minimum absolute atomic E-state index is 0.191. The number of nitrogen functional groups attached to an aromatic ring is 1. The van der Waals surface area contributed by atoms with E-state index in [1.807, 2.05) is 18.2 Å². The number of nitrogens with zero attached hydrogens (tertiary/aromatic N) is 5. The summed E-state index contributed by atoms with van der Waals surface area (Å²) in [7, 11) is 1.66. The number of hydrogen-bond donors (Lipinski definition) is 2. The van der Waals surface area contributed by atoms with Crippen LogP contribution in [0.4, 0.5) is 5.82 Å². The molecule has 170 valence electrons. The van der Waals surface area contributed by atoms with Crippen LogP contribution in [-0.4, -0.2) is 62.2 Å². The summed E-state index contributed by atoms with van der Waals surface area (Å²) in [5, 5.41) is 9.89. The second-order valence-electron chi connectivity index (χ2n) is 7.98. The van der Waals surface area contributed by atoms with E-state index in [4.69, 9.17) is 20.6 Å². The second kappa shape index (κ2) is 9.74. The number of ether oxygens (including phenoxy) is 1. The number of carbonyl (C=O) groups is 1. The number of fused-ring (bicyclic) bond motifs is 1. The first-order chi connectivity index (χ1) is 15.5. The molecule has 32 heavy (non-hydrogen) atoms. The number of rotatable bonds is 7. The van der Waals surface area contributed by atoms with Gasteiger partial charge >= 0.3 is 0 Å². The molecule has 1 aliphatic rings. The van der Waals surface area contributed by atoms with Crippen molar-refractivity contribution in [3.05, 3.63) is 30.1 Å². The van der Waals surface area contributed by atoms with Crippen LogP contribution < -0.4 is 10.5 Å². The van der Waals surface area contributed by atoms with Gasteiger partial charge < -0.3 is 25.0 Å². The third-order valence-electron chi connectivity index (χ3n) is 5.99. The first-order valence-electron chi connectivity index (χ1n) is 10.7. The van der Waals surface area contributed by atoms with Crippen LogP contribution in [0.25, 0.3) is 11.2 Å². The van der Waals surface area contributed by atoms with Gasteiger partial charge in [-0.3, -0.25) is 4.79 Å². The molecule has 1 aliphatic heterocycles. The molecule has 10 heteroatoms. The number of carbonyl (C=O) groups excluding carboxylic acids is 1. The molecule has 3 aromatic rings. The van der Waals surface area contributed by atoms with E-state index in [1.165, 1.54) is 6.33 Å². The van der Waals surface area contributed by atoms with Crippen molar-refractivity contribution in [3.63, 3.8) is 0 Å². The van der Waals surface area contributed by atoms with Crippen molar-refractivity contribution >= 4 is 34.7 Å². The summed E-state index contributed by atoms with van der Waals surface area (Å²) in [4.78, 5) is 27.8. The zero-order valence-electron chi connectivity index (χ0n) is 18.3. The number of hydrogen-bond acceptors (Lipinski definition) is 8. The molecule has 4 rings (SSSR count). The largest absolute Gasteiger partial charge is 0.497 e. The summed E-state index contributed by atoms with van der Waals surface area (Å²) in [6, 6.07) is 5.98. The monoisotopic (exact) mass is 456 g/mol. The molecule has 1 aromatic carbocycles. The van der Waals surface area contributed by atoms with Gasteiger partial charge in [0.1, 0.15) is 18.7 Å². The van der Waals surface area contributed by atoms with Gasteiger partial charge in [-0.05, 0) is 49.8 Å². The molecule has 0 radical (unpaired) electrons. The maximum Gasteiger partial charge on any atom is 0.248 e. The van der Waals surface area contributed by atoms with Gasteiger partial charge in [0.25, 0.3) is 0 Å². The van der Waals surface area contributed by atoms with Gasteiger partial charge in [0, 0.05) is 24.5 Å². The van der Waals surface area contributed by atoms with Crippen LogP contribution in [0.5, 0.6) is 5.75 Å². The number of imidazole rings is 1. The highest BCUT2D eigenvalue weighted by Crippen LogP contribution is 2.35. The minimum Gasteiger partial charge on any atom is -0.497 e. The highest BCUT2D eigenvalue weighted by atomic mass is 32.2. The number of aliphatic hydroxyl groups is 1. The van der Waals surface area contributed by atoms with Crippen LogP contribution in [0.2, 0.25) is 0 Å². The maximum atomic E-state index is 11.7. The summed E-state index contributed by atoms with van der Waals surface area (Å²) >= 11 is 1.57. The molecule has 0 atom stereocenters. The lowest BCUT2D eigenvalue weighted by Crippen LogP contribution is -2.40. The quantitative estimate of drug-likeness (QED) is 0.557. The molecular formula is C22H28N6O3S. The fraction of sp³-hybridized carbons (Fsp3) is 0.455. The molecule has 3 heterocycles. The van der Waals surface area contributed by atoms with Gasteiger partial charge in [-0.15, -0.1) is 0 Å². The molecule has 0 aliphatic carbocycles. The number of benzene rings is 1. The van der Waals surface area contributed by atoms with E-state index in [2.05, 4.69) is 21.5 Å². The Balaban J connectivity index is 1.56. The number of aryl methyl sites for hydroxylation is 2. The molecule has 1 fully saturated rings. The standard InChI is InChI=1S/C22H28N6O3S/c1-14-3-4-16(31-2)11-17(14)32-22-26-19-20(23)24-13-25-21(19)28(22)10-7-15-5-8-27(9-6-15)18(30)12-29/h3-4,11,13,15,29H,5-10,12H2,1-2H3,(H2,23,24,25). The van der Waals surface area contributed by atoms with Crippen LogP contribution in [0.3, 0.4) is 0 Å². The molecule has 2 aromatic heterocycles. The number of amides is 1. The Hall–Kier alpha value is -2.85. The average molecular weight is 457 g/mol.